The van der Waals surface area contributed by atoms with Crippen molar-refractivity contribution in [3.8, 4) is 0 Å². The molecule has 74 valence electrons. The monoisotopic (exact) mass is 183 g/mol. The number of hydrogen-bond donors (Lipinski definition) is 2. The van der Waals surface area contributed by atoms with Gasteiger partial charge in [-0.3, -0.25) is 0 Å². The molecule has 3 heteroatoms. The molecule has 0 amide bonds. The van der Waals surface area contributed by atoms with Gasteiger partial charge < -0.3 is 15.3 Å². The van der Waals surface area contributed by atoms with Gasteiger partial charge in [0, 0.05) is 6.04 Å². The van der Waals surface area contributed by atoms with Crippen molar-refractivity contribution >= 4 is 0 Å². The zero-order valence-corrected chi connectivity index (χ0v) is 8.37. The SMILES string of the molecule is CCC(N)C(C)(O)c1ccc(C)o1. The lowest BCUT2D eigenvalue weighted by molar-refractivity contribution is 0.00609. The smallest absolute Gasteiger partial charge is 0.137 e. The second-order valence-electron chi connectivity index (χ2n) is 3.57. The fourth-order valence-corrected chi connectivity index (χ4v) is 1.29. The Morgan fingerprint density at radius 2 is 2.23 bits per heavy atom. The highest BCUT2D eigenvalue weighted by molar-refractivity contribution is 5.14. The predicted molar refractivity (Wildman–Crippen MR) is 51.3 cm³/mol. The first-order valence-corrected chi connectivity index (χ1v) is 4.53. The standard InChI is InChI=1S/C10H17NO2/c1-4-8(11)10(3,12)9-6-5-7(2)13-9/h5-6,8,12H,4,11H2,1-3H3. The summed E-state index contributed by atoms with van der Waals surface area (Å²) in [6.45, 7) is 5.46. The lowest BCUT2D eigenvalue weighted by Crippen LogP contribution is -2.42. The number of furan rings is 1. The van der Waals surface area contributed by atoms with E-state index in [1.165, 1.54) is 0 Å². The van der Waals surface area contributed by atoms with E-state index in [9.17, 15) is 5.11 Å². The molecule has 1 aromatic heterocycles. The molecular formula is C10H17NO2. The van der Waals surface area contributed by atoms with Crippen molar-refractivity contribution in [1.29, 1.82) is 0 Å². The third-order valence-corrected chi connectivity index (χ3v) is 2.40. The molecule has 0 fully saturated rings. The summed E-state index contributed by atoms with van der Waals surface area (Å²) >= 11 is 0. The fraction of sp³-hybridized carbons (Fsp3) is 0.600. The maximum absolute atomic E-state index is 10.0. The fourth-order valence-electron chi connectivity index (χ4n) is 1.29. The lowest BCUT2D eigenvalue weighted by atomic mass is 9.92. The van der Waals surface area contributed by atoms with Gasteiger partial charge in [-0.2, -0.15) is 0 Å². The summed E-state index contributed by atoms with van der Waals surface area (Å²) in [6, 6.07) is 3.30. The van der Waals surface area contributed by atoms with Gasteiger partial charge in [-0.15, -0.1) is 0 Å². The molecule has 13 heavy (non-hydrogen) atoms. The maximum atomic E-state index is 10.0. The molecule has 1 rings (SSSR count). The van der Waals surface area contributed by atoms with Gasteiger partial charge in [0.1, 0.15) is 17.1 Å². The Kier molecular flexibility index (Phi) is 2.78. The van der Waals surface area contributed by atoms with Gasteiger partial charge in [0.2, 0.25) is 0 Å². The minimum absolute atomic E-state index is 0.293. The van der Waals surface area contributed by atoms with Crippen LogP contribution in [0.25, 0.3) is 0 Å². The third kappa shape index (κ3) is 1.92. The highest BCUT2D eigenvalue weighted by Crippen LogP contribution is 2.26. The Balaban J connectivity index is 2.92. The molecule has 0 aliphatic carbocycles. The van der Waals surface area contributed by atoms with Gasteiger partial charge in [-0.25, -0.2) is 0 Å². The molecule has 0 aromatic carbocycles. The molecule has 1 heterocycles. The van der Waals surface area contributed by atoms with E-state index in [1.807, 2.05) is 19.9 Å². The molecule has 0 spiro atoms. The first kappa shape index (κ1) is 10.3. The minimum Gasteiger partial charge on any atom is -0.463 e. The van der Waals surface area contributed by atoms with E-state index in [0.717, 1.165) is 5.76 Å². The number of aliphatic hydroxyl groups is 1. The Labute approximate surface area is 78.5 Å². The Morgan fingerprint density at radius 3 is 2.62 bits per heavy atom. The quantitative estimate of drug-likeness (QED) is 0.747. The van der Waals surface area contributed by atoms with Crippen LogP contribution in [0.15, 0.2) is 16.5 Å². The van der Waals surface area contributed by atoms with Crippen molar-refractivity contribution in [2.24, 2.45) is 5.73 Å². The summed E-state index contributed by atoms with van der Waals surface area (Å²) in [5.41, 5.74) is 4.72. The Morgan fingerprint density at radius 1 is 1.62 bits per heavy atom. The normalized spacial score (nSPS) is 18.2. The van der Waals surface area contributed by atoms with Crippen LogP contribution in [0.5, 0.6) is 0 Å². The van der Waals surface area contributed by atoms with Crippen LogP contribution in [0.4, 0.5) is 0 Å². The molecule has 2 atom stereocenters. The zero-order valence-electron chi connectivity index (χ0n) is 8.37. The summed E-state index contributed by atoms with van der Waals surface area (Å²) in [6.07, 6.45) is 0.715. The van der Waals surface area contributed by atoms with Crippen molar-refractivity contribution in [2.75, 3.05) is 0 Å². The summed E-state index contributed by atoms with van der Waals surface area (Å²) in [4.78, 5) is 0. The van der Waals surface area contributed by atoms with E-state index in [1.54, 1.807) is 13.0 Å². The zero-order chi connectivity index (χ0) is 10.1. The predicted octanol–water partition coefficient (Wildman–Crippen LogP) is 1.53. The molecular weight excluding hydrogens is 166 g/mol. The van der Waals surface area contributed by atoms with Crippen LogP contribution in [0.3, 0.4) is 0 Å². The van der Waals surface area contributed by atoms with Crippen LogP contribution in [-0.4, -0.2) is 11.1 Å². The second-order valence-corrected chi connectivity index (χ2v) is 3.57. The Bertz CT molecular complexity index is 278. The van der Waals surface area contributed by atoms with Gasteiger partial charge >= 0.3 is 0 Å². The molecule has 1 aromatic rings. The van der Waals surface area contributed by atoms with E-state index in [4.69, 9.17) is 10.2 Å². The van der Waals surface area contributed by atoms with Gasteiger partial charge in [0.05, 0.1) is 0 Å². The maximum Gasteiger partial charge on any atom is 0.137 e. The first-order valence-electron chi connectivity index (χ1n) is 4.53. The van der Waals surface area contributed by atoms with Crippen LogP contribution in [0.1, 0.15) is 31.8 Å². The molecule has 0 bridgehead atoms. The molecule has 0 aliphatic rings. The average molecular weight is 183 g/mol. The first-order chi connectivity index (χ1) is 5.98. The molecule has 0 aliphatic heterocycles. The number of hydrogen-bond acceptors (Lipinski definition) is 3. The van der Waals surface area contributed by atoms with Crippen LogP contribution in [0, 0.1) is 6.92 Å². The van der Waals surface area contributed by atoms with Crippen molar-refractivity contribution in [1.82, 2.24) is 0 Å². The molecule has 3 N–H and O–H groups in total. The van der Waals surface area contributed by atoms with Crippen LogP contribution < -0.4 is 5.73 Å². The van der Waals surface area contributed by atoms with E-state index in [-0.39, 0.29) is 6.04 Å². The van der Waals surface area contributed by atoms with E-state index in [2.05, 4.69) is 0 Å². The third-order valence-electron chi connectivity index (χ3n) is 2.40. The molecule has 0 saturated heterocycles. The highest BCUT2D eigenvalue weighted by Gasteiger charge is 2.32. The summed E-state index contributed by atoms with van der Waals surface area (Å²) in [5.74, 6) is 1.33. The largest absolute Gasteiger partial charge is 0.463 e. The molecule has 2 unspecified atom stereocenters. The van der Waals surface area contributed by atoms with Crippen LogP contribution in [0.2, 0.25) is 0 Å². The number of nitrogens with two attached hydrogens (primary N) is 1. The summed E-state index contributed by atoms with van der Waals surface area (Å²) < 4.78 is 5.34. The molecule has 0 radical (unpaired) electrons. The molecule has 0 saturated carbocycles. The number of aryl methyl sites for hydroxylation is 1. The highest BCUT2D eigenvalue weighted by atomic mass is 16.4. The summed E-state index contributed by atoms with van der Waals surface area (Å²) in [7, 11) is 0. The Hall–Kier alpha value is -0.800. The van der Waals surface area contributed by atoms with Gasteiger partial charge in [-0.05, 0) is 32.4 Å². The topological polar surface area (TPSA) is 59.4 Å². The number of rotatable bonds is 3. The van der Waals surface area contributed by atoms with Gasteiger partial charge in [-0.1, -0.05) is 6.92 Å². The second kappa shape index (κ2) is 3.52. The average Bonchev–Trinajstić information content (AvgIpc) is 2.50. The van der Waals surface area contributed by atoms with Crippen molar-refractivity contribution in [2.45, 2.75) is 38.8 Å². The lowest BCUT2D eigenvalue weighted by Gasteiger charge is -2.26. The van der Waals surface area contributed by atoms with Crippen molar-refractivity contribution in [3.63, 3.8) is 0 Å². The molecule has 3 nitrogen and oxygen atoms in total. The van der Waals surface area contributed by atoms with Gasteiger partial charge in [0.15, 0.2) is 0 Å². The van der Waals surface area contributed by atoms with E-state index in [0.29, 0.717) is 12.2 Å². The van der Waals surface area contributed by atoms with Crippen molar-refractivity contribution < 1.29 is 9.52 Å². The van der Waals surface area contributed by atoms with Crippen LogP contribution >= 0.6 is 0 Å². The minimum atomic E-state index is -1.07. The summed E-state index contributed by atoms with van der Waals surface area (Å²) in [5, 5.41) is 10.0. The van der Waals surface area contributed by atoms with Crippen LogP contribution in [-0.2, 0) is 5.60 Å². The van der Waals surface area contributed by atoms with Crippen molar-refractivity contribution in [3.05, 3.63) is 23.7 Å². The van der Waals surface area contributed by atoms with E-state index < -0.39 is 5.60 Å². The van der Waals surface area contributed by atoms with Gasteiger partial charge in [0.25, 0.3) is 0 Å². The van der Waals surface area contributed by atoms with E-state index >= 15 is 0 Å².